The lowest BCUT2D eigenvalue weighted by atomic mass is 10.0. The zero-order valence-electron chi connectivity index (χ0n) is 12.6. The number of aliphatic hydroxyl groups excluding tert-OH is 1. The third-order valence-corrected chi connectivity index (χ3v) is 3.25. The zero-order valence-corrected chi connectivity index (χ0v) is 12.6. The summed E-state index contributed by atoms with van der Waals surface area (Å²) in [7, 11) is 0. The molecule has 22 heavy (non-hydrogen) atoms. The number of aromatic nitrogens is 1. The van der Waals surface area contributed by atoms with Crippen molar-refractivity contribution >= 4 is 6.03 Å². The van der Waals surface area contributed by atoms with Gasteiger partial charge in [0.05, 0.1) is 11.7 Å². The van der Waals surface area contributed by atoms with Gasteiger partial charge in [-0.3, -0.25) is 4.98 Å². The maximum Gasteiger partial charge on any atom is 0.315 e. The van der Waals surface area contributed by atoms with E-state index in [0.29, 0.717) is 13.0 Å². The third kappa shape index (κ3) is 4.56. The quantitative estimate of drug-likeness (QED) is 0.716. The third-order valence-electron chi connectivity index (χ3n) is 3.25. The Hall–Kier alpha value is -2.40. The van der Waals surface area contributed by atoms with Crippen LogP contribution in [0.15, 0.2) is 48.7 Å². The smallest absolute Gasteiger partial charge is 0.315 e. The molecule has 1 atom stereocenters. The first-order chi connectivity index (χ1) is 10.7. The molecule has 0 aliphatic heterocycles. The lowest BCUT2D eigenvalue weighted by molar-refractivity contribution is 0.236. The molecule has 5 heteroatoms. The molecule has 0 saturated carbocycles. The fraction of sp³-hybridized carbons (Fsp3) is 0.294. The molecule has 1 aromatic heterocycles. The monoisotopic (exact) mass is 299 g/mol. The van der Waals surface area contributed by atoms with Crippen LogP contribution in [0.4, 0.5) is 4.79 Å². The molecule has 0 bridgehead atoms. The Morgan fingerprint density at radius 1 is 1.27 bits per heavy atom. The summed E-state index contributed by atoms with van der Waals surface area (Å²) >= 11 is 0. The highest BCUT2D eigenvalue weighted by Gasteiger charge is 2.17. The van der Waals surface area contributed by atoms with Crippen molar-refractivity contribution in [2.75, 3.05) is 13.2 Å². The Labute approximate surface area is 130 Å². The number of hydrogen-bond acceptors (Lipinski definition) is 3. The van der Waals surface area contributed by atoms with Crippen molar-refractivity contribution < 1.29 is 9.90 Å². The van der Waals surface area contributed by atoms with E-state index in [1.165, 1.54) is 0 Å². The van der Waals surface area contributed by atoms with Gasteiger partial charge in [-0.1, -0.05) is 35.9 Å². The summed E-state index contributed by atoms with van der Waals surface area (Å²) in [5.74, 6) is 0. The van der Waals surface area contributed by atoms with Crippen LogP contribution >= 0.6 is 0 Å². The van der Waals surface area contributed by atoms with Crippen LogP contribution in [0.2, 0.25) is 0 Å². The molecule has 2 rings (SSSR count). The molecule has 5 nitrogen and oxygen atoms in total. The standard InChI is InChI=1S/C17H21N3O2/c1-13-6-4-7-14(12-13)16(15-8-2-3-9-18-15)20-17(22)19-10-5-11-21/h2-4,6-9,12,16,21H,5,10-11H2,1H3,(H2,19,20,22). The van der Waals surface area contributed by atoms with E-state index in [4.69, 9.17) is 5.11 Å². The predicted octanol–water partition coefficient (Wildman–Crippen LogP) is 2.16. The summed E-state index contributed by atoms with van der Waals surface area (Å²) in [6.07, 6.45) is 2.25. The fourth-order valence-corrected chi connectivity index (χ4v) is 2.19. The number of nitrogens with one attached hydrogen (secondary N) is 2. The molecule has 0 saturated heterocycles. The molecule has 2 amide bonds. The number of amides is 2. The zero-order chi connectivity index (χ0) is 15.8. The molecule has 1 heterocycles. The molecule has 1 aromatic carbocycles. The average molecular weight is 299 g/mol. The van der Waals surface area contributed by atoms with Crippen molar-refractivity contribution in [3.8, 4) is 0 Å². The van der Waals surface area contributed by atoms with Gasteiger partial charge in [-0.2, -0.15) is 0 Å². The van der Waals surface area contributed by atoms with Crippen molar-refractivity contribution in [1.29, 1.82) is 0 Å². The molecule has 3 N–H and O–H groups in total. The van der Waals surface area contributed by atoms with Crippen molar-refractivity contribution in [3.05, 3.63) is 65.5 Å². The Balaban J connectivity index is 2.17. The van der Waals surface area contributed by atoms with E-state index in [2.05, 4.69) is 15.6 Å². The topological polar surface area (TPSA) is 74.2 Å². The summed E-state index contributed by atoms with van der Waals surface area (Å²) in [5, 5.41) is 14.4. The van der Waals surface area contributed by atoms with Gasteiger partial charge in [0.2, 0.25) is 0 Å². The van der Waals surface area contributed by atoms with Crippen LogP contribution in [0, 0.1) is 6.92 Å². The van der Waals surface area contributed by atoms with E-state index in [0.717, 1.165) is 16.8 Å². The number of aliphatic hydroxyl groups is 1. The molecule has 116 valence electrons. The second-order valence-corrected chi connectivity index (χ2v) is 5.08. The molecule has 0 aliphatic rings. The van der Waals surface area contributed by atoms with Gasteiger partial charge in [0.15, 0.2) is 0 Å². The van der Waals surface area contributed by atoms with Gasteiger partial charge >= 0.3 is 6.03 Å². The van der Waals surface area contributed by atoms with Gasteiger partial charge in [0, 0.05) is 19.3 Å². The maximum atomic E-state index is 12.0. The minimum atomic E-state index is -0.310. The van der Waals surface area contributed by atoms with Crippen molar-refractivity contribution in [1.82, 2.24) is 15.6 Å². The van der Waals surface area contributed by atoms with Crippen molar-refractivity contribution in [3.63, 3.8) is 0 Å². The second-order valence-electron chi connectivity index (χ2n) is 5.08. The lowest BCUT2D eigenvalue weighted by Gasteiger charge is -2.19. The molecule has 1 unspecified atom stereocenters. The van der Waals surface area contributed by atoms with E-state index < -0.39 is 0 Å². The summed E-state index contributed by atoms with van der Waals surface area (Å²) in [6, 6.07) is 13.0. The number of urea groups is 1. The molecule has 2 aromatic rings. The van der Waals surface area contributed by atoms with E-state index in [-0.39, 0.29) is 18.7 Å². The highest BCUT2D eigenvalue weighted by atomic mass is 16.3. The number of carbonyl (C=O) groups is 1. The molecular formula is C17H21N3O2. The number of nitrogens with zero attached hydrogens (tertiary/aromatic N) is 1. The molecular weight excluding hydrogens is 278 g/mol. The first kappa shape index (κ1) is 16.0. The first-order valence-corrected chi connectivity index (χ1v) is 7.33. The van der Waals surface area contributed by atoms with Gasteiger partial charge in [-0.15, -0.1) is 0 Å². The van der Waals surface area contributed by atoms with Crippen LogP contribution in [0.25, 0.3) is 0 Å². The average Bonchev–Trinajstić information content (AvgIpc) is 2.54. The van der Waals surface area contributed by atoms with E-state index >= 15 is 0 Å². The van der Waals surface area contributed by atoms with E-state index in [1.54, 1.807) is 6.20 Å². The largest absolute Gasteiger partial charge is 0.396 e. The maximum absolute atomic E-state index is 12.0. The number of carbonyl (C=O) groups excluding carboxylic acids is 1. The highest BCUT2D eigenvalue weighted by Crippen LogP contribution is 2.21. The fourth-order valence-electron chi connectivity index (χ4n) is 2.19. The van der Waals surface area contributed by atoms with Gasteiger partial charge in [0.25, 0.3) is 0 Å². The van der Waals surface area contributed by atoms with Crippen molar-refractivity contribution in [2.45, 2.75) is 19.4 Å². The summed E-state index contributed by atoms with van der Waals surface area (Å²) in [5.41, 5.74) is 2.89. The van der Waals surface area contributed by atoms with Crippen LogP contribution in [-0.4, -0.2) is 29.3 Å². The minimum absolute atomic E-state index is 0.0574. The van der Waals surface area contributed by atoms with Crippen LogP contribution in [0.3, 0.4) is 0 Å². The number of pyridine rings is 1. The Morgan fingerprint density at radius 3 is 2.82 bits per heavy atom. The minimum Gasteiger partial charge on any atom is -0.396 e. The first-order valence-electron chi connectivity index (χ1n) is 7.33. The molecule has 0 fully saturated rings. The lowest BCUT2D eigenvalue weighted by Crippen LogP contribution is -2.39. The van der Waals surface area contributed by atoms with Crippen LogP contribution in [0.5, 0.6) is 0 Å². The number of rotatable bonds is 6. The Morgan fingerprint density at radius 2 is 2.14 bits per heavy atom. The van der Waals surface area contributed by atoms with Gasteiger partial charge in [-0.25, -0.2) is 4.79 Å². The molecule has 0 aliphatic carbocycles. The van der Waals surface area contributed by atoms with E-state index in [1.807, 2.05) is 49.4 Å². The molecule has 0 spiro atoms. The number of benzene rings is 1. The Kier molecular flexibility index (Phi) is 5.91. The molecule has 0 radical (unpaired) electrons. The summed E-state index contributed by atoms with van der Waals surface area (Å²) in [6.45, 7) is 2.51. The second kappa shape index (κ2) is 8.14. The van der Waals surface area contributed by atoms with Gasteiger partial charge < -0.3 is 15.7 Å². The SMILES string of the molecule is Cc1cccc(C(NC(=O)NCCCO)c2ccccn2)c1. The van der Waals surface area contributed by atoms with Gasteiger partial charge in [-0.05, 0) is 31.0 Å². The van der Waals surface area contributed by atoms with Crippen LogP contribution in [0.1, 0.15) is 29.3 Å². The van der Waals surface area contributed by atoms with E-state index in [9.17, 15) is 4.79 Å². The van der Waals surface area contributed by atoms with Crippen molar-refractivity contribution in [2.24, 2.45) is 0 Å². The Bertz CT molecular complexity index is 602. The summed E-state index contributed by atoms with van der Waals surface area (Å²) < 4.78 is 0. The summed E-state index contributed by atoms with van der Waals surface area (Å²) in [4.78, 5) is 16.4. The highest BCUT2D eigenvalue weighted by molar-refractivity contribution is 5.74. The van der Waals surface area contributed by atoms with Crippen LogP contribution < -0.4 is 10.6 Å². The van der Waals surface area contributed by atoms with Gasteiger partial charge in [0.1, 0.15) is 0 Å². The predicted molar refractivity (Wildman–Crippen MR) is 85.5 cm³/mol. The number of hydrogen-bond donors (Lipinski definition) is 3. The normalized spacial score (nSPS) is 11.7. The number of aryl methyl sites for hydroxylation is 1. The van der Waals surface area contributed by atoms with Crippen LogP contribution in [-0.2, 0) is 0 Å².